The van der Waals surface area contributed by atoms with Crippen molar-refractivity contribution in [3.63, 3.8) is 0 Å². The maximum atomic E-state index is 5.89. The van der Waals surface area contributed by atoms with E-state index in [1.807, 2.05) is 0 Å². The molecule has 2 N–H and O–H groups in total. The molecule has 0 aromatic rings. The van der Waals surface area contributed by atoms with Crippen molar-refractivity contribution in [3.05, 3.63) is 0 Å². The Balaban J connectivity index is 0.000000605. The Morgan fingerprint density at radius 2 is 1.64 bits per heavy atom. The van der Waals surface area contributed by atoms with Crippen LogP contribution in [0.2, 0.25) is 0 Å². The zero-order valence-corrected chi connectivity index (χ0v) is 7.81. The average molecular weight is 177 g/mol. The smallest absolute Gasteiger partial charge is 0.0110 e. The summed E-state index contributed by atoms with van der Waals surface area (Å²) in [6, 6.07) is 2.12. The zero-order valence-electron chi connectivity index (χ0n) is 6.99. The first-order chi connectivity index (χ1) is 4.77. The largest absolute Gasteiger partial charge is 0.328 e. The molecule has 0 spiro atoms. The number of rotatable bonds is 0. The molecule has 2 aliphatic rings. The van der Waals surface area contributed by atoms with Crippen LogP contribution in [0.3, 0.4) is 0 Å². The maximum Gasteiger partial charge on any atom is 0.0110 e. The van der Waals surface area contributed by atoms with E-state index in [0.717, 1.165) is 12.1 Å². The van der Waals surface area contributed by atoms with Crippen LogP contribution in [0.4, 0.5) is 0 Å². The Bertz CT molecular complexity index is 126. The highest BCUT2D eigenvalue weighted by Crippen LogP contribution is 2.33. The summed E-state index contributed by atoms with van der Waals surface area (Å²) in [5.41, 5.74) is 5.89. The predicted molar refractivity (Wildman–Crippen MR) is 49.0 cm³/mol. The Morgan fingerprint density at radius 3 is 2.09 bits per heavy atom. The van der Waals surface area contributed by atoms with Crippen molar-refractivity contribution in [1.29, 1.82) is 0 Å². The van der Waals surface area contributed by atoms with Crippen molar-refractivity contribution in [1.82, 2.24) is 4.90 Å². The van der Waals surface area contributed by atoms with Crippen LogP contribution in [0.5, 0.6) is 0 Å². The highest BCUT2D eigenvalue weighted by Gasteiger charge is 2.36. The van der Waals surface area contributed by atoms with E-state index in [1.165, 1.54) is 25.7 Å². The van der Waals surface area contributed by atoms with Crippen molar-refractivity contribution in [3.8, 4) is 0 Å². The molecule has 11 heavy (non-hydrogen) atoms. The van der Waals surface area contributed by atoms with Gasteiger partial charge in [0.2, 0.25) is 0 Å². The Kier molecular flexibility index (Phi) is 2.79. The van der Waals surface area contributed by atoms with Crippen LogP contribution in [0.15, 0.2) is 0 Å². The summed E-state index contributed by atoms with van der Waals surface area (Å²) < 4.78 is 0. The van der Waals surface area contributed by atoms with Gasteiger partial charge in [-0.25, -0.2) is 0 Å². The van der Waals surface area contributed by atoms with Crippen LogP contribution in [-0.4, -0.2) is 30.1 Å². The quantitative estimate of drug-likeness (QED) is 0.597. The normalized spacial score (nSPS) is 43.6. The van der Waals surface area contributed by atoms with Gasteiger partial charge in [-0.3, -0.25) is 0 Å². The second-order valence-electron chi connectivity index (χ2n) is 3.78. The van der Waals surface area contributed by atoms with Crippen LogP contribution >= 0.6 is 12.4 Å². The number of nitrogens with two attached hydrogens (primary N) is 1. The van der Waals surface area contributed by atoms with Gasteiger partial charge in [-0.15, -0.1) is 12.4 Å². The van der Waals surface area contributed by atoms with Crippen LogP contribution < -0.4 is 5.73 Å². The lowest BCUT2D eigenvalue weighted by Gasteiger charge is -2.34. The molecule has 2 bridgehead atoms. The van der Waals surface area contributed by atoms with Gasteiger partial charge in [0.15, 0.2) is 0 Å². The number of fused-ring (bicyclic) bond motifs is 2. The molecule has 2 nitrogen and oxygen atoms in total. The summed E-state index contributed by atoms with van der Waals surface area (Å²) >= 11 is 0. The molecule has 2 aliphatic heterocycles. The molecule has 0 aromatic carbocycles. The summed E-state index contributed by atoms with van der Waals surface area (Å²) in [4.78, 5) is 2.52. The first-order valence-electron chi connectivity index (χ1n) is 4.25. The van der Waals surface area contributed by atoms with Crippen molar-refractivity contribution in [2.45, 2.75) is 43.8 Å². The van der Waals surface area contributed by atoms with E-state index >= 15 is 0 Å². The van der Waals surface area contributed by atoms with E-state index in [4.69, 9.17) is 5.73 Å². The molecule has 2 unspecified atom stereocenters. The molecule has 2 rings (SSSR count). The van der Waals surface area contributed by atoms with Gasteiger partial charge in [-0.05, 0) is 32.7 Å². The minimum absolute atomic E-state index is 0. The summed E-state index contributed by atoms with van der Waals surface area (Å²) in [7, 11) is 2.24. The lowest BCUT2D eigenvalue weighted by molar-refractivity contribution is 0.163. The minimum atomic E-state index is 0. The van der Waals surface area contributed by atoms with Crippen molar-refractivity contribution in [2.24, 2.45) is 5.73 Å². The summed E-state index contributed by atoms with van der Waals surface area (Å²) in [5.74, 6) is 0. The highest BCUT2D eigenvalue weighted by molar-refractivity contribution is 5.85. The van der Waals surface area contributed by atoms with E-state index < -0.39 is 0 Å². The molecule has 0 radical (unpaired) electrons. The first-order valence-corrected chi connectivity index (χ1v) is 4.25. The average Bonchev–Trinajstić information content (AvgIpc) is 2.20. The Hall–Kier alpha value is 0.210. The first kappa shape index (κ1) is 9.30. The molecule has 66 valence electrons. The fourth-order valence-electron chi connectivity index (χ4n) is 2.45. The SMILES string of the molecule is CN1C2CCC1CC(N)C2.Cl. The van der Waals surface area contributed by atoms with Gasteiger partial charge >= 0.3 is 0 Å². The molecule has 0 aromatic heterocycles. The number of nitrogens with zero attached hydrogens (tertiary/aromatic N) is 1. The predicted octanol–water partition coefficient (Wildman–Crippen LogP) is 0.992. The van der Waals surface area contributed by atoms with Gasteiger partial charge in [0.1, 0.15) is 0 Å². The van der Waals surface area contributed by atoms with E-state index in [1.54, 1.807) is 0 Å². The third-order valence-electron chi connectivity index (χ3n) is 3.13. The minimum Gasteiger partial charge on any atom is -0.328 e. The molecule has 0 aliphatic carbocycles. The molecular weight excluding hydrogens is 160 g/mol. The van der Waals surface area contributed by atoms with Gasteiger partial charge < -0.3 is 10.6 Å². The maximum absolute atomic E-state index is 5.89. The van der Waals surface area contributed by atoms with Crippen molar-refractivity contribution in [2.75, 3.05) is 7.05 Å². The molecule has 0 amide bonds. The van der Waals surface area contributed by atoms with E-state index in [9.17, 15) is 0 Å². The van der Waals surface area contributed by atoms with E-state index in [-0.39, 0.29) is 12.4 Å². The summed E-state index contributed by atoms with van der Waals surface area (Å²) in [6.45, 7) is 0. The van der Waals surface area contributed by atoms with Crippen LogP contribution in [0, 0.1) is 0 Å². The standard InChI is InChI=1S/C8H16N2.ClH/c1-10-7-2-3-8(10)5-6(9)4-7;/h6-8H,2-5,9H2,1H3;1H. The second-order valence-corrected chi connectivity index (χ2v) is 3.78. The Morgan fingerprint density at radius 1 is 1.18 bits per heavy atom. The number of piperidine rings is 1. The fraction of sp³-hybridized carbons (Fsp3) is 1.00. The third-order valence-corrected chi connectivity index (χ3v) is 3.13. The molecule has 2 saturated heterocycles. The Labute approximate surface area is 74.5 Å². The van der Waals surface area contributed by atoms with Gasteiger partial charge in [-0.2, -0.15) is 0 Å². The van der Waals surface area contributed by atoms with Crippen LogP contribution in [-0.2, 0) is 0 Å². The van der Waals surface area contributed by atoms with Crippen molar-refractivity contribution < 1.29 is 0 Å². The molecule has 2 atom stereocenters. The monoisotopic (exact) mass is 176 g/mol. The van der Waals surface area contributed by atoms with Gasteiger partial charge in [-0.1, -0.05) is 0 Å². The number of hydrogen-bond acceptors (Lipinski definition) is 2. The molecule has 2 heterocycles. The van der Waals surface area contributed by atoms with Gasteiger partial charge in [0.25, 0.3) is 0 Å². The lowest BCUT2D eigenvalue weighted by atomic mass is 9.99. The van der Waals surface area contributed by atoms with Gasteiger partial charge in [0, 0.05) is 18.1 Å². The van der Waals surface area contributed by atoms with Crippen LogP contribution in [0.25, 0.3) is 0 Å². The molecule has 0 saturated carbocycles. The van der Waals surface area contributed by atoms with Crippen LogP contribution in [0.1, 0.15) is 25.7 Å². The molecule has 3 heteroatoms. The second kappa shape index (κ2) is 3.30. The lowest BCUT2D eigenvalue weighted by Crippen LogP contribution is -2.45. The van der Waals surface area contributed by atoms with E-state index in [2.05, 4.69) is 11.9 Å². The topological polar surface area (TPSA) is 29.3 Å². The molecular formula is C8H17ClN2. The number of halogens is 1. The third kappa shape index (κ3) is 1.53. The van der Waals surface area contributed by atoms with Gasteiger partial charge in [0.05, 0.1) is 0 Å². The van der Waals surface area contributed by atoms with E-state index in [0.29, 0.717) is 6.04 Å². The highest BCUT2D eigenvalue weighted by atomic mass is 35.5. The van der Waals surface area contributed by atoms with Crippen molar-refractivity contribution >= 4 is 12.4 Å². The zero-order chi connectivity index (χ0) is 7.14. The fourth-order valence-corrected chi connectivity index (χ4v) is 2.45. The summed E-state index contributed by atoms with van der Waals surface area (Å²) in [6.07, 6.45) is 5.23. The summed E-state index contributed by atoms with van der Waals surface area (Å²) in [5, 5.41) is 0. The number of hydrogen-bond donors (Lipinski definition) is 1. The molecule has 2 fully saturated rings.